The first-order valence-electron chi connectivity index (χ1n) is 6.10. The smallest absolute Gasteiger partial charge is 0.417 e. The fraction of sp³-hybridized carbons (Fsp3) is 0.462. The molecule has 4 nitrogen and oxygen atoms in total. The third-order valence-corrected chi connectivity index (χ3v) is 4.05. The molecule has 0 radical (unpaired) electrons. The number of amides is 1. The largest absolute Gasteiger partial charge is 0.452 e. The summed E-state index contributed by atoms with van der Waals surface area (Å²) in [5, 5.41) is 0. The van der Waals surface area contributed by atoms with E-state index in [1.165, 1.54) is 24.8 Å². The summed E-state index contributed by atoms with van der Waals surface area (Å²) in [6, 6.07) is 10.6. The monoisotopic (exact) mass is 266 g/mol. The van der Waals surface area contributed by atoms with Crippen LogP contribution in [0.4, 0.5) is 4.79 Å². The topological polar surface area (TPSA) is 41.6 Å². The third kappa shape index (κ3) is 3.65. The van der Waals surface area contributed by atoms with Crippen molar-refractivity contribution in [3.8, 4) is 0 Å². The first-order valence-corrected chi connectivity index (χ1v) is 6.87. The van der Waals surface area contributed by atoms with Crippen molar-refractivity contribution in [1.29, 1.82) is 0 Å². The van der Waals surface area contributed by atoms with Gasteiger partial charge in [0, 0.05) is 25.2 Å². The molecule has 1 N–H and O–H groups in total. The van der Waals surface area contributed by atoms with Crippen LogP contribution in [-0.2, 0) is 4.74 Å². The summed E-state index contributed by atoms with van der Waals surface area (Å²) in [7, 11) is 1.37. The highest BCUT2D eigenvalue weighted by Gasteiger charge is 2.21. The van der Waals surface area contributed by atoms with Crippen LogP contribution in [0.5, 0.6) is 0 Å². The van der Waals surface area contributed by atoms with Crippen LogP contribution in [0, 0.1) is 0 Å². The van der Waals surface area contributed by atoms with E-state index in [2.05, 4.69) is 44.1 Å². The first-order chi connectivity index (χ1) is 8.79. The fourth-order valence-corrected chi connectivity index (χ4v) is 2.83. The number of nitrogens with zero attached hydrogens (tertiary/aromatic N) is 1. The van der Waals surface area contributed by atoms with Crippen molar-refractivity contribution in [2.75, 3.05) is 20.2 Å². The van der Waals surface area contributed by atoms with Gasteiger partial charge in [0.25, 0.3) is 0 Å². The molecule has 1 aliphatic heterocycles. The van der Waals surface area contributed by atoms with Gasteiger partial charge in [0.15, 0.2) is 0 Å². The van der Waals surface area contributed by atoms with Gasteiger partial charge in [-0.1, -0.05) is 30.3 Å². The lowest BCUT2D eigenvalue weighted by Crippen LogP contribution is -2.31. The Kier molecular flexibility index (Phi) is 4.90. The van der Waals surface area contributed by atoms with E-state index in [1.807, 2.05) is 0 Å². The molecule has 2 rings (SSSR count). The van der Waals surface area contributed by atoms with Crippen molar-refractivity contribution in [3.05, 3.63) is 35.9 Å². The van der Waals surface area contributed by atoms with Gasteiger partial charge < -0.3 is 4.74 Å². The molecule has 98 valence electrons. The molecule has 1 amide bonds. The van der Waals surface area contributed by atoms with Crippen molar-refractivity contribution in [3.63, 3.8) is 0 Å². The highest BCUT2D eigenvalue weighted by molar-refractivity contribution is 7.95. The predicted molar refractivity (Wildman–Crippen MR) is 73.1 cm³/mol. The van der Waals surface area contributed by atoms with E-state index in [4.69, 9.17) is 0 Å². The minimum Gasteiger partial charge on any atom is -0.452 e. The molecule has 0 aromatic heterocycles. The number of nitrogens with one attached hydrogen (secondary N) is 1. The van der Waals surface area contributed by atoms with Crippen LogP contribution in [-0.4, -0.2) is 30.6 Å². The summed E-state index contributed by atoms with van der Waals surface area (Å²) in [5.41, 5.74) is 1.42. The third-order valence-electron chi connectivity index (χ3n) is 3.17. The number of benzene rings is 1. The highest BCUT2D eigenvalue weighted by atomic mass is 32.2. The zero-order chi connectivity index (χ0) is 12.8. The van der Waals surface area contributed by atoms with E-state index in [9.17, 15) is 4.79 Å². The maximum absolute atomic E-state index is 11.0. The Bertz CT molecular complexity index is 378. The first kappa shape index (κ1) is 13.2. The lowest BCUT2D eigenvalue weighted by atomic mass is 9.90. The number of hydrogen-bond donors (Lipinski definition) is 1. The predicted octanol–water partition coefficient (Wildman–Crippen LogP) is 2.79. The minimum atomic E-state index is -0.398. The molecule has 0 aliphatic carbocycles. The standard InChI is InChI=1S/C13H18N2O2S/c1-17-13(16)14-18-15-9-7-12(8-10-15)11-5-3-2-4-6-11/h2-6,12H,7-10H2,1H3,(H,14,16). The van der Waals surface area contributed by atoms with Gasteiger partial charge >= 0.3 is 6.09 Å². The Morgan fingerprint density at radius 2 is 2.00 bits per heavy atom. The second-order valence-corrected chi connectivity index (χ2v) is 5.20. The van der Waals surface area contributed by atoms with Crippen LogP contribution in [0.15, 0.2) is 30.3 Å². The summed E-state index contributed by atoms with van der Waals surface area (Å²) >= 11 is 1.34. The lowest BCUT2D eigenvalue weighted by molar-refractivity contribution is 0.178. The van der Waals surface area contributed by atoms with Gasteiger partial charge in [-0.3, -0.25) is 4.72 Å². The number of ether oxygens (including phenoxy) is 1. The molecule has 18 heavy (non-hydrogen) atoms. The Labute approximate surface area is 112 Å². The maximum Gasteiger partial charge on any atom is 0.417 e. The SMILES string of the molecule is COC(=O)NSN1CCC(c2ccccc2)CC1. The molecule has 1 saturated heterocycles. The minimum absolute atomic E-state index is 0.398. The quantitative estimate of drug-likeness (QED) is 0.854. The molecule has 1 aromatic carbocycles. The van der Waals surface area contributed by atoms with E-state index in [1.54, 1.807) is 0 Å². The van der Waals surface area contributed by atoms with Crippen molar-refractivity contribution in [1.82, 2.24) is 9.03 Å². The van der Waals surface area contributed by atoms with Crippen LogP contribution in [0.25, 0.3) is 0 Å². The number of piperidine rings is 1. The van der Waals surface area contributed by atoms with Crippen LogP contribution >= 0.6 is 12.1 Å². The van der Waals surface area contributed by atoms with Crippen LogP contribution in [0.1, 0.15) is 24.3 Å². The Morgan fingerprint density at radius 3 is 2.61 bits per heavy atom. The summed E-state index contributed by atoms with van der Waals surface area (Å²) in [5.74, 6) is 0.640. The average Bonchev–Trinajstić information content (AvgIpc) is 2.46. The number of carbonyl (C=O) groups is 1. The molecular weight excluding hydrogens is 248 g/mol. The van der Waals surface area contributed by atoms with Gasteiger partial charge in [0.1, 0.15) is 0 Å². The van der Waals surface area contributed by atoms with Gasteiger partial charge in [-0.2, -0.15) is 0 Å². The fourth-order valence-electron chi connectivity index (χ4n) is 2.15. The van der Waals surface area contributed by atoms with Crippen molar-refractivity contribution >= 4 is 18.2 Å². The summed E-state index contributed by atoms with van der Waals surface area (Å²) < 4.78 is 9.34. The van der Waals surface area contributed by atoms with Gasteiger partial charge in [-0.25, -0.2) is 9.10 Å². The second-order valence-electron chi connectivity index (χ2n) is 4.30. The molecule has 5 heteroatoms. The van der Waals surface area contributed by atoms with Crippen molar-refractivity contribution < 1.29 is 9.53 Å². The summed E-state index contributed by atoms with van der Waals surface area (Å²) in [6.07, 6.45) is 1.85. The Morgan fingerprint density at radius 1 is 1.33 bits per heavy atom. The molecule has 0 bridgehead atoms. The van der Waals surface area contributed by atoms with Gasteiger partial charge in [0.05, 0.1) is 7.11 Å². The number of methoxy groups -OCH3 is 1. The number of rotatable bonds is 3. The van der Waals surface area contributed by atoms with E-state index >= 15 is 0 Å². The number of carbonyl (C=O) groups excluding carboxylic acids is 1. The molecule has 1 heterocycles. The van der Waals surface area contributed by atoms with E-state index in [0.717, 1.165) is 25.9 Å². The van der Waals surface area contributed by atoms with Gasteiger partial charge in [-0.15, -0.1) is 0 Å². The highest BCUT2D eigenvalue weighted by Crippen LogP contribution is 2.29. The van der Waals surface area contributed by atoms with E-state index in [0.29, 0.717) is 5.92 Å². The second kappa shape index (κ2) is 6.66. The Hall–Kier alpha value is -1.20. The van der Waals surface area contributed by atoms with Crippen LogP contribution in [0.3, 0.4) is 0 Å². The molecule has 0 saturated carbocycles. The molecule has 0 atom stereocenters. The van der Waals surface area contributed by atoms with Crippen molar-refractivity contribution in [2.24, 2.45) is 0 Å². The van der Waals surface area contributed by atoms with Crippen LogP contribution < -0.4 is 4.72 Å². The molecule has 0 spiro atoms. The zero-order valence-corrected chi connectivity index (χ0v) is 11.3. The summed E-state index contributed by atoms with van der Waals surface area (Å²) in [6.45, 7) is 1.96. The van der Waals surface area contributed by atoms with Gasteiger partial charge in [-0.05, 0) is 24.3 Å². The normalized spacial score (nSPS) is 17.4. The molecule has 0 unspecified atom stereocenters. The summed E-state index contributed by atoms with van der Waals surface area (Å²) in [4.78, 5) is 11.0. The number of hydrogen-bond acceptors (Lipinski definition) is 4. The zero-order valence-electron chi connectivity index (χ0n) is 10.5. The van der Waals surface area contributed by atoms with E-state index in [-0.39, 0.29) is 0 Å². The average molecular weight is 266 g/mol. The van der Waals surface area contributed by atoms with Gasteiger partial charge in [0.2, 0.25) is 0 Å². The van der Waals surface area contributed by atoms with Crippen molar-refractivity contribution in [2.45, 2.75) is 18.8 Å². The Balaban J connectivity index is 1.76. The molecule has 1 fully saturated rings. The molecule has 1 aromatic rings. The molecular formula is C13H18N2O2S. The van der Waals surface area contributed by atoms with E-state index < -0.39 is 6.09 Å². The lowest BCUT2D eigenvalue weighted by Gasteiger charge is -2.30. The van der Waals surface area contributed by atoms with Crippen LogP contribution in [0.2, 0.25) is 0 Å². The molecule has 1 aliphatic rings. The maximum atomic E-state index is 11.0.